The summed E-state index contributed by atoms with van der Waals surface area (Å²) in [4.78, 5) is 33.0. The third-order valence-corrected chi connectivity index (χ3v) is 4.38. The van der Waals surface area contributed by atoms with E-state index < -0.39 is 6.04 Å². The minimum Gasteiger partial charge on any atom is -0.462 e. The summed E-state index contributed by atoms with van der Waals surface area (Å²) in [6, 6.07) is -0.613. The summed E-state index contributed by atoms with van der Waals surface area (Å²) in [5, 5.41) is 5.52. The molecule has 7 heteroatoms. The molecule has 0 heterocycles. The van der Waals surface area contributed by atoms with Crippen molar-refractivity contribution in [3.05, 3.63) is 0 Å². The first-order valence-electron chi connectivity index (χ1n) is 11.4. The highest BCUT2D eigenvalue weighted by atomic mass is 16.5. The molecule has 0 aliphatic heterocycles. The molecule has 0 aromatic rings. The van der Waals surface area contributed by atoms with E-state index in [4.69, 9.17) is 4.74 Å². The van der Waals surface area contributed by atoms with E-state index in [1.54, 1.807) is 0 Å². The van der Waals surface area contributed by atoms with Crippen LogP contribution in [0.25, 0.3) is 0 Å². The molecule has 178 valence electrons. The molecule has 1 rings (SSSR count). The van der Waals surface area contributed by atoms with E-state index in [0.717, 1.165) is 6.42 Å². The summed E-state index contributed by atoms with van der Waals surface area (Å²) in [6.45, 7) is 16.5. The van der Waals surface area contributed by atoms with Crippen LogP contribution in [-0.4, -0.2) is 49.2 Å². The van der Waals surface area contributed by atoms with Crippen LogP contribution in [0.4, 0.5) is 0 Å². The fourth-order valence-electron chi connectivity index (χ4n) is 2.86. The minimum atomic E-state index is -0.613. The molecule has 0 aromatic heterocycles. The molecule has 0 spiro atoms. The van der Waals surface area contributed by atoms with Gasteiger partial charge < -0.3 is 20.1 Å². The van der Waals surface area contributed by atoms with Crippen LogP contribution in [-0.2, 0) is 23.9 Å². The third-order valence-electron chi connectivity index (χ3n) is 4.38. The standard InChI is InChI=1S/C16H30N2O3.C5H10O2.C2H6/c1-4-10-17-16(20)15(18-13(3)19)12(2)21-11-14-8-6-5-7-9-14;1-5(2,3)7-4-6;1-2/h12,14-15H,4-11H2,1-3H3,(H,17,20)(H,18,19);4H,1-3H3;1-2H3. The summed E-state index contributed by atoms with van der Waals surface area (Å²) in [5.74, 6) is 0.223. The fourth-order valence-corrected chi connectivity index (χ4v) is 2.86. The van der Waals surface area contributed by atoms with Gasteiger partial charge in [0.2, 0.25) is 11.8 Å². The van der Waals surface area contributed by atoms with Crippen molar-refractivity contribution in [2.24, 2.45) is 5.92 Å². The van der Waals surface area contributed by atoms with Gasteiger partial charge in [-0.2, -0.15) is 0 Å². The molecule has 1 saturated carbocycles. The van der Waals surface area contributed by atoms with Gasteiger partial charge in [0.25, 0.3) is 6.47 Å². The number of hydrogen-bond donors (Lipinski definition) is 2. The Kier molecular flexibility index (Phi) is 18.5. The Morgan fingerprint density at radius 2 is 1.70 bits per heavy atom. The highest BCUT2D eigenvalue weighted by Gasteiger charge is 2.27. The van der Waals surface area contributed by atoms with E-state index in [0.29, 0.717) is 25.5 Å². The summed E-state index contributed by atoms with van der Waals surface area (Å²) < 4.78 is 10.4. The maximum atomic E-state index is 12.1. The summed E-state index contributed by atoms with van der Waals surface area (Å²) in [6.07, 6.45) is 6.84. The maximum absolute atomic E-state index is 12.1. The van der Waals surface area contributed by atoms with Crippen LogP contribution in [0.1, 0.15) is 93.9 Å². The first-order chi connectivity index (χ1) is 14.1. The first kappa shape index (κ1) is 30.6. The lowest BCUT2D eigenvalue weighted by Crippen LogP contribution is -2.53. The van der Waals surface area contributed by atoms with Crippen LogP contribution in [0.5, 0.6) is 0 Å². The van der Waals surface area contributed by atoms with Crippen LogP contribution < -0.4 is 10.6 Å². The van der Waals surface area contributed by atoms with Crippen molar-refractivity contribution in [2.45, 2.75) is 112 Å². The van der Waals surface area contributed by atoms with E-state index in [2.05, 4.69) is 15.4 Å². The number of rotatable bonds is 9. The van der Waals surface area contributed by atoms with Crippen molar-refractivity contribution in [3.8, 4) is 0 Å². The zero-order valence-corrected chi connectivity index (χ0v) is 20.5. The van der Waals surface area contributed by atoms with Crippen LogP contribution >= 0.6 is 0 Å². The number of nitrogens with one attached hydrogen (secondary N) is 2. The second kappa shape index (κ2) is 18.2. The largest absolute Gasteiger partial charge is 0.462 e. The molecule has 0 aromatic carbocycles. The molecule has 1 fully saturated rings. The van der Waals surface area contributed by atoms with Crippen LogP contribution in [0.3, 0.4) is 0 Å². The Bertz CT molecular complexity index is 457. The average Bonchev–Trinajstić information content (AvgIpc) is 2.70. The summed E-state index contributed by atoms with van der Waals surface area (Å²) in [7, 11) is 0. The smallest absolute Gasteiger partial charge is 0.293 e. The molecule has 2 unspecified atom stereocenters. The number of carbonyl (C=O) groups is 3. The molecule has 0 saturated heterocycles. The molecule has 0 radical (unpaired) electrons. The normalized spacial score (nSPS) is 15.9. The van der Waals surface area contributed by atoms with Gasteiger partial charge in [0.15, 0.2) is 0 Å². The summed E-state index contributed by atoms with van der Waals surface area (Å²) in [5.41, 5.74) is -0.318. The number of carbonyl (C=O) groups excluding carboxylic acids is 3. The van der Waals surface area contributed by atoms with E-state index in [9.17, 15) is 14.4 Å². The van der Waals surface area contributed by atoms with Crippen molar-refractivity contribution in [1.82, 2.24) is 10.6 Å². The molecule has 30 heavy (non-hydrogen) atoms. The van der Waals surface area contributed by atoms with Gasteiger partial charge in [-0.05, 0) is 52.9 Å². The van der Waals surface area contributed by atoms with Gasteiger partial charge in [-0.15, -0.1) is 0 Å². The van der Waals surface area contributed by atoms with Crippen molar-refractivity contribution in [2.75, 3.05) is 13.2 Å². The fraction of sp³-hybridized carbons (Fsp3) is 0.870. The molecule has 2 N–H and O–H groups in total. The van der Waals surface area contributed by atoms with Gasteiger partial charge in [0, 0.05) is 20.1 Å². The lowest BCUT2D eigenvalue weighted by molar-refractivity contribution is -0.138. The predicted octanol–water partition coefficient (Wildman–Crippen LogP) is 3.99. The molecular formula is C23H46N2O5. The second-order valence-corrected chi connectivity index (χ2v) is 8.34. The van der Waals surface area contributed by atoms with Crippen LogP contribution in [0.2, 0.25) is 0 Å². The molecule has 1 aliphatic carbocycles. The minimum absolute atomic E-state index is 0.164. The first-order valence-corrected chi connectivity index (χ1v) is 11.4. The molecule has 2 atom stereocenters. The van der Waals surface area contributed by atoms with Gasteiger partial charge in [-0.1, -0.05) is 40.0 Å². The van der Waals surface area contributed by atoms with Crippen molar-refractivity contribution in [1.29, 1.82) is 0 Å². The lowest BCUT2D eigenvalue weighted by atomic mass is 9.90. The Morgan fingerprint density at radius 3 is 2.10 bits per heavy atom. The van der Waals surface area contributed by atoms with E-state index in [-0.39, 0.29) is 23.5 Å². The number of amides is 2. The predicted molar refractivity (Wildman–Crippen MR) is 121 cm³/mol. The monoisotopic (exact) mass is 430 g/mol. The number of ether oxygens (including phenoxy) is 2. The zero-order chi connectivity index (χ0) is 23.6. The van der Waals surface area contributed by atoms with E-state index in [1.165, 1.54) is 39.0 Å². The van der Waals surface area contributed by atoms with Gasteiger partial charge >= 0.3 is 0 Å². The van der Waals surface area contributed by atoms with Crippen molar-refractivity contribution in [3.63, 3.8) is 0 Å². The zero-order valence-electron chi connectivity index (χ0n) is 20.5. The highest BCUT2D eigenvalue weighted by Crippen LogP contribution is 2.24. The van der Waals surface area contributed by atoms with Crippen LogP contribution in [0.15, 0.2) is 0 Å². The molecule has 2 amide bonds. The SMILES string of the molecule is CC.CC(C)(C)OC=O.CCCNC(=O)C(NC(C)=O)C(C)OCC1CCCCC1. The van der Waals surface area contributed by atoms with E-state index >= 15 is 0 Å². The van der Waals surface area contributed by atoms with Gasteiger partial charge in [-0.25, -0.2) is 0 Å². The molecule has 0 bridgehead atoms. The Hall–Kier alpha value is -1.63. The van der Waals surface area contributed by atoms with Gasteiger partial charge in [0.1, 0.15) is 11.6 Å². The maximum Gasteiger partial charge on any atom is 0.293 e. The Labute approximate surface area is 184 Å². The lowest BCUT2D eigenvalue weighted by Gasteiger charge is -2.27. The summed E-state index contributed by atoms with van der Waals surface area (Å²) >= 11 is 0. The molecule has 7 nitrogen and oxygen atoms in total. The quantitative estimate of drug-likeness (QED) is 0.540. The van der Waals surface area contributed by atoms with Crippen LogP contribution in [0, 0.1) is 5.92 Å². The van der Waals surface area contributed by atoms with Gasteiger partial charge in [-0.3, -0.25) is 14.4 Å². The van der Waals surface area contributed by atoms with E-state index in [1.807, 2.05) is 48.5 Å². The molecular weight excluding hydrogens is 384 g/mol. The van der Waals surface area contributed by atoms with Crippen molar-refractivity contribution < 1.29 is 23.9 Å². The Balaban J connectivity index is 0. The molecule has 1 aliphatic rings. The number of hydrogen-bond acceptors (Lipinski definition) is 5. The average molecular weight is 431 g/mol. The topological polar surface area (TPSA) is 93.7 Å². The van der Waals surface area contributed by atoms with Crippen molar-refractivity contribution >= 4 is 18.3 Å². The van der Waals surface area contributed by atoms with Gasteiger partial charge in [0.05, 0.1) is 6.10 Å². The highest BCUT2D eigenvalue weighted by molar-refractivity contribution is 5.87. The third kappa shape index (κ3) is 17.2. The Morgan fingerprint density at radius 1 is 1.13 bits per heavy atom. The second-order valence-electron chi connectivity index (χ2n) is 8.34.